The molecule has 0 unspecified atom stereocenters. The number of rotatable bonds is 3. The molecule has 1 heterocycles. The van der Waals surface area contributed by atoms with Crippen molar-refractivity contribution in [3.05, 3.63) is 0 Å². The Hall–Kier alpha value is -0.610. The summed E-state index contributed by atoms with van der Waals surface area (Å²) < 4.78 is 0. The smallest absolute Gasteiger partial charge is 0.237 e. The Morgan fingerprint density at radius 1 is 1.69 bits per heavy atom. The minimum atomic E-state index is -0.513. The first-order valence-corrected chi connectivity index (χ1v) is 4.71. The maximum absolute atomic E-state index is 11.5. The third kappa shape index (κ3) is 2.97. The van der Waals surface area contributed by atoms with Crippen LogP contribution in [0.15, 0.2) is 0 Å². The van der Waals surface area contributed by atoms with E-state index in [1.807, 2.05) is 0 Å². The van der Waals surface area contributed by atoms with Gasteiger partial charge in [-0.15, -0.1) is 0 Å². The zero-order chi connectivity index (χ0) is 9.90. The standard InChI is InChI=1S/C9H18N2O2/c1-9(2,6-12)11-8(13)7-4-3-5-10-7/h7,10,12H,3-6H2,1-2H3,(H,11,13)/t7-/m1/s1. The third-order valence-electron chi connectivity index (χ3n) is 2.23. The van der Waals surface area contributed by atoms with E-state index in [0.29, 0.717) is 0 Å². The summed E-state index contributed by atoms with van der Waals surface area (Å²) in [5.74, 6) is -0.00319. The van der Waals surface area contributed by atoms with E-state index in [4.69, 9.17) is 5.11 Å². The van der Waals surface area contributed by atoms with Crippen molar-refractivity contribution in [2.24, 2.45) is 0 Å². The highest BCUT2D eigenvalue weighted by atomic mass is 16.3. The van der Waals surface area contributed by atoms with Gasteiger partial charge >= 0.3 is 0 Å². The summed E-state index contributed by atoms with van der Waals surface area (Å²) in [6.07, 6.45) is 1.95. The lowest BCUT2D eigenvalue weighted by Gasteiger charge is -2.25. The zero-order valence-electron chi connectivity index (χ0n) is 8.26. The molecule has 0 spiro atoms. The lowest BCUT2D eigenvalue weighted by atomic mass is 10.1. The zero-order valence-corrected chi connectivity index (χ0v) is 8.26. The van der Waals surface area contributed by atoms with Crippen molar-refractivity contribution >= 4 is 5.91 Å². The monoisotopic (exact) mass is 186 g/mol. The Morgan fingerprint density at radius 3 is 2.85 bits per heavy atom. The summed E-state index contributed by atoms with van der Waals surface area (Å²) in [7, 11) is 0. The second kappa shape index (κ2) is 4.07. The van der Waals surface area contributed by atoms with E-state index in [1.54, 1.807) is 13.8 Å². The van der Waals surface area contributed by atoms with E-state index in [9.17, 15) is 4.79 Å². The predicted octanol–water partition coefficient (Wildman–Crippen LogP) is -0.374. The summed E-state index contributed by atoms with van der Waals surface area (Å²) in [6.45, 7) is 4.49. The van der Waals surface area contributed by atoms with Crippen molar-refractivity contribution in [2.45, 2.75) is 38.3 Å². The molecule has 1 rings (SSSR count). The number of carbonyl (C=O) groups excluding carboxylic acids is 1. The minimum Gasteiger partial charge on any atom is -0.394 e. The van der Waals surface area contributed by atoms with Crippen molar-refractivity contribution in [1.82, 2.24) is 10.6 Å². The van der Waals surface area contributed by atoms with Crippen molar-refractivity contribution in [1.29, 1.82) is 0 Å². The van der Waals surface area contributed by atoms with Crippen LogP contribution >= 0.6 is 0 Å². The number of nitrogens with one attached hydrogen (secondary N) is 2. The lowest BCUT2D eigenvalue weighted by molar-refractivity contribution is -0.124. The van der Waals surface area contributed by atoms with Crippen LogP contribution in [-0.2, 0) is 4.79 Å². The molecule has 0 aromatic carbocycles. The molecule has 4 heteroatoms. The number of aliphatic hydroxyl groups excluding tert-OH is 1. The Balaban J connectivity index is 2.40. The quantitative estimate of drug-likeness (QED) is 0.563. The highest BCUT2D eigenvalue weighted by molar-refractivity contribution is 5.82. The Morgan fingerprint density at radius 2 is 2.38 bits per heavy atom. The molecule has 0 saturated carbocycles. The van der Waals surface area contributed by atoms with Crippen molar-refractivity contribution in [3.8, 4) is 0 Å². The highest BCUT2D eigenvalue weighted by Crippen LogP contribution is 2.07. The molecule has 0 aromatic rings. The van der Waals surface area contributed by atoms with E-state index in [1.165, 1.54) is 0 Å². The first-order valence-electron chi connectivity index (χ1n) is 4.71. The first kappa shape index (κ1) is 10.5. The van der Waals surface area contributed by atoms with E-state index in [-0.39, 0.29) is 18.6 Å². The average Bonchev–Trinajstić information content (AvgIpc) is 2.55. The van der Waals surface area contributed by atoms with Gasteiger partial charge in [0.15, 0.2) is 0 Å². The molecular formula is C9H18N2O2. The van der Waals surface area contributed by atoms with Crippen molar-refractivity contribution in [3.63, 3.8) is 0 Å². The number of aliphatic hydroxyl groups is 1. The third-order valence-corrected chi connectivity index (χ3v) is 2.23. The summed E-state index contributed by atoms with van der Waals surface area (Å²) in [6, 6.07) is -0.0641. The Bertz CT molecular complexity index is 186. The molecule has 3 N–H and O–H groups in total. The molecule has 1 saturated heterocycles. The number of carbonyl (C=O) groups is 1. The second-order valence-electron chi connectivity index (χ2n) is 4.18. The Labute approximate surface area is 78.7 Å². The average molecular weight is 186 g/mol. The maximum Gasteiger partial charge on any atom is 0.237 e. The lowest BCUT2D eigenvalue weighted by Crippen LogP contribution is -2.52. The normalized spacial score (nSPS) is 23.2. The fourth-order valence-electron chi connectivity index (χ4n) is 1.37. The molecular weight excluding hydrogens is 168 g/mol. The van der Waals surface area contributed by atoms with Crippen molar-refractivity contribution in [2.75, 3.05) is 13.2 Å². The molecule has 13 heavy (non-hydrogen) atoms. The molecule has 1 fully saturated rings. The molecule has 1 aliphatic rings. The van der Waals surface area contributed by atoms with E-state index >= 15 is 0 Å². The first-order chi connectivity index (χ1) is 6.05. The predicted molar refractivity (Wildman–Crippen MR) is 50.3 cm³/mol. The van der Waals surface area contributed by atoms with E-state index in [2.05, 4.69) is 10.6 Å². The van der Waals surface area contributed by atoms with Crippen LogP contribution in [0.25, 0.3) is 0 Å². The van der Waals surface area contributed by atoms with Crippen LogP contribution in [0.2, 0.25) is 0 Å². The second-order valence-corrected chi connectivity index (χ2v) is 4.18. The van der Waals surface area contributed by atoms with Gasteiger partial charge in [0.25, 0.3) is 0 Å². The molecule has 1 amide bonds. The molecule has 0 bridgehead atoms. The van der Waals surface area contributed by atoms with Gasteiger partial charge in [0.1, 0.15) is 0 Å². The van der Waals surface area contributed by atoms with Crippen LogP contribution in [0.1, 0.15) is 26.7 Å². The van der Waals surface area contributed by atoms with E-state index in [0.717, 1.165) is 19.4 Å². The summed E-state index contributed by atoms with van der Waals surface area (Å²) >= 11 is 0. The molecule has 1 aliphatic heterocycles. The largest absolute Gasteiger partial charge is 0.394 e. The molecule has 0 aromatic heterocycles. The Kier molecular flexibility index (Phi) is 3.27. The van der Waals surface area contributed by atoms with Gasteiger partial charge < -0.3 is 15.7 Å². The van der Waals surface area contributed by atoms with Crippen LogP contribution < -0.4 is 10.6 Å². The number of hydrogen-bond acceptors (Lipinski definition) is 3. The van der Waals surface area contributed by atoms with Crippen LogP contribution in [0.5, 0.6) is 0 Å². The van der Waals surface area contributed by atoms with Gasteiger partial charge in [0.2, 0.25) is 5.91 Å². The van der Waals surface area contributed by atoms with Crippen LogP contribution in [-0.4, -0.2) is 35.7 Å². The number of amides is 1. The SMILES string of the molecule is CC(C)(CO)NC(=O)[C@H]1CCCN1. The van der Waals surface area contributed by atoms with Gasteiger partial charge in [-0.25, -0.2) is 0 Å². The van der Waals surface area contributed by atoms with Crippen LogP contribution in [0, 0.1) is 0 Å². The minimum absolute atomic E-state index is 0.00319. The molecule has 1 atom stereocenters. The molecule has 0 aliphatic carbocycles. The maximum atomic E-state index is 11.5. The molecule has 0 radical (unpaired) electrons. The van der Waals surface area contributed by atoms with Gasteiger partial charge in [-0.05, 0) is 33.2 Å². The van der Waals surface area contributed by atoms with Crippen molar-refractivity contribution < 1.29 is 9.90 Å². The fourth-order valence-corrected chi connectivity index (χ4v) is 1.37. The van der Waals surface area contributed by atoms with Gasteiger partial charge in [-0.1, -0.05) is 0 Å². The van der Waals surface area contributed by atoms with E-state index < -0.39 is 5.54 Å². The molecule has 4 nitrogen and oxygen atoms in total. The number of hydrogen-bond donors (Lipinski definition) is 3. The van der Waals surface area contributed by atoms with Crippen LogP contribution in [0.4, 0.5) is 0 Å². The van der Waals surface area contributed by atoms with Gasteiger partial charge in [-0.2, -0.15) is 0 Å². The highest BCUT2D eigenvalue weighted by Gasteiger charge is 2.26. The van der Waals surface area contributed by atoms with Gasteiger partial charge in [0.05, 0.1) is 18.2 Å². The van der Waals surface area contributed by atoms with Gasteiger partial charge in [-0.3, -0.25) is 4.79 Å². The fraction of sp³-hybridized carbons (Fsp3) is 0.889. The van der Waals surface area contributed by atoms with Crippen LogP contribution in [0.3, 0.4) is 0 Å². The topological polar surface area (TPSA) is 61.4 Å². The summed E-state index contributed by atoms with van der Waals surface area (Å²) in [5, 5.41) is 14.9. The van der Waals surface area contributed by atoms with Gasteiger partial charge in [0, 0.05) is 0 Å². The summed E-state index contributed by atoms with van der Waals surface area (Å²) in [5.41, 5.74) is -0.513. The molecule has 76 valence electrons. The summed E-state index contributed by atoms with van der Waals surface area (Å²) in [4.78, 5) is 11.5.